The molecule has 0 saturated heterocycles. The first kappa shape index (κ1) is 26.2. The molecule has 3 N–H and O–H groups in total. The molecule has 0 aliphatic heterocycles. The van der Waals surface area contributed by atoms with Crippen molar-refractivity contribution in [3.05, 3.63) is 92.7 Å². The Labute approximate surface area is 211 Å². The van der Waals surface area contributed by atoms with E-state index >= 15 is 0 Å². The van der Waals surface area contributed by atoms with E-state index in [2.05, 4.69) is 26.0 Å². The van der Waals surface area contributed by atoms with Crippen molar-refractivity contribution in [3.63, 3.8) is 0 Å². The maximum absolute atomic E-state index is 13.4. The van der Waals surface area contributed by atoms with E-state index in [0.717, 1.165) is 30.5 Å². The molecule has 0 aromatic heterocycles. The Morgan fingerprint density at radius 1 is 1.15 bits per heavy atom. The molecule has 10 heteroatoms. The van der Waals surface area contributed by atoms with E-state index in [4.69, 9.17) is 11.6 Å². The van der Waals surface area contributed by atoms with Crippen molar-refractivity contribution in [1.29, 1.82) is 0 Å². The average Bonchev–Trinajstić information content (AvgIpc) is 2.80. The number of carboxylic acid groups (broad SMARTS) is 1. The number of hydrogen-bond acceptors (Lipinski definition) is 4. The maximum atomic E-state index is 13.4. The highest BCUT2D eigenvalue weighted by Gasteiger charge is 2.24. The molecule has 1 atom stereocenters. The van der Waals surface area contributed by atoms with Gasteiger partial charge in [0.15, 0.2) is 0 Å². The van der Waals surface area contributed by atoms with Gasteiger partial charge in [-0.05, 0) is 57.7 Å². The third-order valence-corrected chi connectivity index (χ3v) is 7.80. The first-order valence-corrected chi connectivity index (χ1v) is 13.1. The van der Waals surface area contributed by atoms with Gasteiger partial charge in [-0.15, -0.1) is 0 Å². The molecule has 0 aliphatic rings. The van der Waals surface area contributed by atoms with E-state index in [-0.39, 0.29) is 32.5 Å². The highest BCUT2D eigenvalue weighted by molar-refractivity contribution is 9.10. The molecule has 0 bridgehead atoms. The van der Waals surface area contributed by atoms with Crippen LogP contribution in [0.15, 0.2) is 70.0 Å². The number of hydrogen-bond donors (Lipinski definition) is 3. The second kappa shape index (κ2) is 11.3. The summed E-state index contributed by atoms with van der Waals surface area (Å²) in [5, 5.41) is 12.9. The number of anilines is 1. The fourth-order valence-corrected chi connectivity index (χ4v) is 5.73. The molecule has 34 heavy (non-hydrogen) atoms. The molecular weight excluding hydrogens is 547 g/mol. The highest BCUT2D eigenvalue weighted by atomic mass is 79.9. The van der Waals surface area contributed by atoms with Gasteiger partial charge in [-0.2, -0.15) is 0 Å². The monoisotopic (exact) mass is 568 g/mol. The van der Waals surface area contributed by atoms with Crippen LogP contribution in [0.1, 0.15) is 47.3 Å². The van der Waals surface area contributed by atoms with Crippen LogP contribution in [0.25, 0.3) is 0 Å². The van der Waals surface area contributed by atoms with E-state index < -0.39 is 21.8 Å². The minimum atomic E-state index is -4.10. The third kappa shape index (κ3) is 6.35. The Bertz CT molecular complexity index is 1290. The third-order valence-electron chi connectivity index (χ3n) is 5.15. The quantitative estimate of drug-likeness (QED) is 0.264. The van der Waals surface area contributed by atoms with Crippen LogP contribution in [0.3, 0.4) is 0 Å². The standard InChI is InChI=1S/C24H23BrClFN2O4S/c1-2-6-21(16-7-4-3-5-8-16)29-22-13-18(25)23(12-17(22)24(30)31)34(32,33)28-14-15-9-10-20(27)19(26)11-15/h3-5,7-13,21,28-29H,2,6,14H2,1H3,(H,30,31). The lowest BCUT2D eigenvalue weighted by molar-refractivity contribution is 0.0697. The van der Waals surface area contributed by atoms with Gasteiger partial charge in [0.05, 0.1) is 27.2 Å². The average molecular weight is 570 g/mol. The largest absolute Gasteiger partial charge is 0.478 e. The lowest BCUT2D eigenvalue weighted by atomic mass is 10.0. The minimum Gasteiger partial charge on any atom is -0.478 e. The second-order valence-electron chi connectivity index (χ2n) is 7.60. The minimum absolute atomic E-state index is 0.124. The van der Waals surface area contributed by atoms with E-state index in [0.29, 0.717) is 11.3 Å². The van der Waals surface area contributed by atoms with Gasteiger partial charge in [0.1, 0.15) is 5.82 Å². The van der Waals surface area contributed by atoms with E-state index in [1.54, 1.807) is 0 Å². The molecule has 3 aromatic carbocycles. The summed E-state index contributed by atoms with van der Waals surface area (Å²) < 4.78 is 41.9. The summed E-state index contributed by atoms with van der Waals surface area (Å²) in [5.74, 6) is -1.87. The van der Waals surface area contributed by atoms with Crippen molar-refractivity contribution in [2.75, 3.05) is 5.32 Å². The van der Waals surface area contributed by atoms with E-state index in [1.807, 2.05) is 37.3 Å². The van der Waals surface area contributed by atoms with Crippen molar-refractivity contribution in [2.45, 2.75) is 37.2 Å². The van der Waals surface area contributed by atoms with Crippen molar-refractivity contribution in [2.24, 2.45) is 0 Å². The molecule has 0 aliphatic carbocycles. The van der Waals surface area contributed by atoms with Gasteiger partial charge >= 0.3 is 5.97 Å². The molecule has 1 unspecified atom stereocenters. The Morgan fingerprint density at radius 2 is 1.85 bits per heavy atom. The lowest BCUT2D eigenvalue weighted by Gasteiger charge is -2.22. The summed E-state index contributed by atoms with van der Waals surface area (Å²) in [6, 6.07) is 15.9. The molecule has 0 fully saturated rings. The van der Waals surface area contributed by atoms with E-state index in [9.17, 15) is 22.7 Å². The number of carbonyl (C=O) groups is 1. The fourth-order valence-electron chi connectivity index (χ4n) is 3.45. The number of nitrogens with one attached hydrogen (secondary N) is 2. The fraction of sp³-hybridized carbons (Fsp3) is 0.208. The molecule has 0 spiro atoms. The predicted molar refractivity (Wildman–Crippen MR) is 134 cm³/mol. The summed E-state index contributed by atoms with van der Waals surface area (Å²) in [5.41, 5.74) is 1.57. The number of benzene rings is 3. The van der Waals surface area contributed by atoms with Crippen molar-refractivity contribution in [3.8, 4) is 0 Å². The molecule has 0 saturated carbocycles. The summed E-state index contributed by atoms with van der Waals surface area (Å²) in [4.78, 5) is 11.8. The number of sulfonamides is 1. The Morgan fingerprint density at radius 3 is 2.47 bits per heavy atom. The van der Waals surface area contributed by atoms with Crippen LogP contribution in [0, 0.1) is 5.82 Å². The van der Waals surface area contributed by atoms with Crippen LogP contribution in [0.2, 0.25) is 5.02 Å². The van der Waals surface area contributed by atoms with Crippen molar-refractivity contribution < 1.29 is 22.7 Å². The first-order valence-electron chi connectivity index (χ1n) is 10.4. The van der Waals surface area contributed by atoms with Crippen LogP contribution in [0.4, 0.5) is 10.1 Å². The maximum Gasteiger partial charge on any atom is 0.337 e. The zero-order chi connectivity index (χ0) is 24.9. The molecule has 3 aromatic rings. The van der Waals surface area contributed by atoms with Crippen LogP contribution < -0.4 is 10.0 Å². The molecule has 0 heterocycles. The number of aromatic carboxylic acids is 1. The Balaban J connectivity index is 1.91. The summed E-state index contributed by atoms with van der Waals surface area (Å²) in [6.07, 6.45) is 1.61. The lowest BCUT2D eigenvalue weighted by Crippen LogP contribution is -2.24. The molecule has 0 amide bonds. The number of carboxylic acids is 1. The highest BCUT2D eigenvalue weighted by Crippen LogP contribution is 2.33. The molecule has 180 valence electrons. The van der Waals surface area contributed by atoms with Gasteiger partial charge < -0.3 is 10.4 Å². The van der Waals surface area contributed by atoms with Crippen LogP contribution >= 0.6 is 27.5 Å². The van der Waals surface area contributed by atoms with Crippen molar-refractivity contribution >= 4 is 49.2 Å². The SMILES string of the molecule is CCCC(Nc1cc(Br)c(S(=O)(=O)NCc2ccc(F)c(Cl)c2)cc1C(=O)O)c1ccccc1. The molecule has 0 radical (unpaired) electrons. The Hall–Kier alpha value is -2.46. The van der Waals surface area contributed by atoms with Gasteiger partial charge in [0.2, 0.25) is 10.0 Å². The zero-order valence-corrected chi connectivity index (χ0v) is 21.3. The zero-order valence-electron chi connectivity index (χ0n) is 18.2. The Kier molecular flexibility index (Phi) is 8.70. The number of rotatable bonds is 10. The summed E-state index contributed by atoms with van der Waals surface area (Å²) in [7, 11) is -4.10. The van der Waals surface area contributed by atoms with Gasteiger partial charge in [-0.25, -0.2) is 22.3 Å². The normalized spacial score (nSPS) is 12.4. The summed E-state index contributed by atoms with van der Waals surface area (Å²) in [6.45, 7) is 1.88. The molecule has 3 rings (SSSR count). The van der Waals surface area contributed by atoms with Gasteiger partial charge in [0.25, 0.3) is 0 Å². The summed E-state index contributed by atoms with van der Waals surface area (Å²) >= 11 is 9.03. The number of halogens is 3. The van der Waals surface area contributed by atoms with Crippen molar-refractivity contribution in [1.82, 2.24) is 4.72 Å². The van der Waals surface area contributed by atoms with Gasteiger partial charge in [-0.3, -0.25) is 0 Å². The van der Waals surface area contributed by atoms with Gasteiger partial charge in [0, 0.05) is 11.0 Å². The second-order valence-corrected chi connectivity index (χ2v) is 10.6. The van der Waals surface area contributed by atoms with Crippen LogP contribution in [-0.2, 0) is 16.6 Å². The molecular formula is C24H23BrClFN2O4S. The van der Waals surface area contributed by atoms with Gasteiger partial charge in [-0.1, -0.05) is 61.3 Å². The predicted octanol–water partition coefficient (Wildman–Crippen LogP) is 6.37. The smallest absolute Gasteiger partial charge is 0.337 e. The van der Waals surface area contributed by atoms with E-state index in [1.165, 1.54) is 18.2 Å². The van der Waals surface area contributed by atoms with Crippen LogP contribution in [-0.4, -0.2) is 19.5 Å². The topological polar surface area (TPSA) is 95.5 Å². The molecule has 6 nitrogen and oxygen atoms in total. The first-order chi connectivity index (χ1) is 16.1. The van der Waals surface area contributed by atoms with Crippen LogP contribution in [0.5, 0.6) is 0 Å².